The van der Waals surface area contributed by atoms with Crippen molar-refractivity contribution in [1.82, 2.24) is 19.7 Å². The van der Waals surface area contributed by atoms with Gasteiger partial charge in [0.05, 0.1) is 35.4 Å². The Hall–Kier alpha value is -1.88. The highest BCUT2D eigenvalue weighted by atomic mass is 32.2. The van der Waals surface area contributed by atoms with Crippen LogP contribution in [0.5, 0.6) is 0 Å². The van der Waals surface area contributed by atoms with Gasteiger partial charge in [-0.3, -0.25) is 4.68 Å². The van der Waals surface area contributed by atoms with Crippen molar-refractivity contribution >= 4 is 10.0 Å². The van der Waals surface area contributed by atoms with Crippen molar-refractivity contribution in [3.63, 3.8) is 0 Å². The van der Waals surface area contributed by atoms with E-state index in [0.29, 0.717) is 31.7 Å². The van der Waals surface area contributed by atoms with Crippen molar-refractivity contribution in [2.75, 3.05) is 6.61 Å². The molecule has 1 aromatic carbocycles. The number of nitrogens with zero attached hydrogens (tertiary/aromatic N) is 3. The molecule has 2 heterocycles. The first kappa shape index (κ1) is 21.8. The molecule has 0 amide bonds. The zero-order valence-corrected chi connectivity index (χ0v) is 17.3. The Balaban J connectivity index is 1.56. The van der Waals surface area contributed by atoms with E-state index in [1.807, 2.05) is 6.20 Å². The fraction of sp³-hybridized carbons (Fsp3) is 0.579. The van der Waals surface area contributed by atoms with E-state index in [-0.39, 0.29) is 17.6 Å². The summed E-state index contributed by atoms with van der Waals surface area (Å²) in [6.07, 6.45) is 3.03. The molecule has 10 heteroatoms. The maximum Gasteiger partial charge on any atom is 0.240 e. The summed E-state index contributed by atoms with van der Waals surface area (Å²) in [5.41, 5.74) is 0.929. The highest BCUT2D eigenvalue weighted by molar-refractivity contribution is 7.89. The molecule has 2 N–H and O–H groups in total. The topological polar surface area (TPSA) is 106 Å². The van der Waals surface area contributed by atoms with Crippen LogP contribution in [-0.4, -0.2) is 53.4 Å². The van der Waals surface area contributed by atoms with E-state index in [9.17, 15) is 17.9 Å². The second-order valence-corrected chi connectivity index (χ2v) is 9.30. The molecule has 1 aliphatic rings. The van der Waals surface area contributed by atoms with Gasteiger partial charge in [0.1, 0.15) is 5.82 Å². The predicted molar refractivity (Wildman–Crippen MR) is 104 cm³/mol. The molecule has 1 fully saturated rings. The van der Waals surface area contributed by atoms with Crippen LogP contribution in [0.3, 0.4) is 0 Å². The number of rotatable bonds is 8. The first-order valence-corrected chi connectivity index (χ1v) is 11.2. The molecular weight excluding hydrogens is 399 g/mol. The van der Waals surface area contributed by atoms with Gasteiger partial charge in [0.2, 0.25) is 10.0 Å². The molecule has 1 saturated heterocycles. The van der Waals surface area contributed by atoms with Gasteiger partial charge in [-0.25, -0.2) is 17.5 Å². The first-order valence-electron chi connectivity index (χ1n) is 9.72. The molecule has 0 bridgehead atoms. The minimum atomic E-state index is -3.83. The van der Waals surface area contributed by atoms with Gasteiger partial charge in [0.15, 0.2) is 0 Å². The number of aliphatic hydroxyl groups excluding tert-OH is 1. The third-order valence-corrected chi connectivity index (χ3v) is 6.56. The molecule has 0 spiro atoms. The predicted octanol–water partition coefficient (Wildman–Crippen LogP) is 1.82. The van der Waals surface area contributed by atoms with Gasteiger partial charge in [-0.2, -0.15) is 0 Å². The molecule has 0 aliphatic carbocycles. The Labute approximate surface area is 170 Å². The number of hydrogen-bond acceptors (Lipinski definition) is 6. The molecule has 3 atom stereocenters. The highest BCUT2D eigenvalue weighted by Gasteiger charge is 2.34. The Morgan fingerprint density at radius 2 is 2.03 bits per heavy atom. The molecule has 0 radical (unpaired) electrons. The van der Waals surface area contributed by atoms with E-state index in [0.717, 1.165) is 17.8 Å². The number of aromatic nitrogens is 3. The van der Waals surface area contributed by atoms with Crippen molar-refractivity contribution in [3.8, 4) is 0 Å². The number of hydrogen-bond donors (Lipinski definition) is 2. The number of sulfonamides is 1. The number of nitrogens with one attached hydrogen (secondary N) is 1. The zero-order chi connectivity index (χ0) is 21.0. The van der Waals surface area contributed by atoms with Crippen LogP contribution in [-0.2, 0) is 21.3 Å². The number of benzene rings is 1. The van der Waals surface area contributed by atoms with E-state index >= 15 is 0 Å². The van der Waals surface area contributed by atoms with E-state index in [4.69, 9.17) is 4.74 Å². The second-order valence-electron chi connectivity index (χ2n) is 7.59. The second kappa shape index (κ2) is 9.29. The van der Waals surface area contributed by atoms with Crippen molar-refractivity contribution in [3.05, 3.63) is 42.0 Å². The summed E-state index contributed by atoms with van der Waals surface area (Å²) in [6.45, 7) is 4.44. The van der Waals surface area contributed by atoms with Crippen molar-refractivity contribution in [2.24, 2.45) is 0 Å². The van der Waals surface area contributed by atoms with Crippen LogP contribution in [0.2, 0.25) is 0 Å². The first-order chi connectivity index (χ1) is 13.8. The molecule has 0 unspecified atom stereocenters. The van der Waals surface area contributed by atoms with Gasteiger partial charge < -0.3 is 9.84 Å². The Kier molecular flexibility index (Phi) is 6.99. The molecule has 3 rings (SSSR count). The summed E-state index contributed by atoms with van der Waals surface area (Å²) in [5, 5.41) is 17.9. The average Bonchev–Trinajstić information content (AvgIpc) is 3.17. The number of aliphatic hydroxyl groups is 1. The standard InChI is InChI=1S/C19H27FN4O4S/c1-13(2)18-11-24(23-21-18)10-9-15-5-8-17(19(12-25)28-15)22-29(26,27)16-6-3-14(20)4-7-16/h3-4,6-7,11,13,15,17,19,22,25H,5,8-10,12H2,1-2H3/t15-,17-,19+/m0/s1. The summed E-state index contributed by atoms with van der Waals surface area (Å²) in [7, 11) is -3.83. The average molecular weight is 427 g/mol. The van der Waals surface area contributed by atoms with Crippen LogP contribution in [0.4, 0.5) is 4.39 Å². The third-order valence-electron chi connectivity index (χ3n) is 5.05. The van der Waals surface area contributed by atoms with Gasteiger partial charge in [0, 0.05) is 12.7 Å². The van der Waals surface area contributed by atoms with Gasteiger partial charge >= 0.3 is 0 Å². The SMILES string of the molecule is CC(C)c1cn(CC[C@@H]2CC[C@H](NS(=O)(=O)c3ccc(F)cc3)[C@@H](CO)O2)nn1. The Morgan fingerprint density at radius 3 is 2.66 bits per heavy atom. The summed E-state index contributed by atoms with van der Waals surface area (Å²) in [6, 6.07) is 4.06. The normalized spacial score (nSPS) is 22.9. The smallest absolute Gasteiger partial charge is 0.240 e. The summed E-state index contributed by atoms with van der Waals surface area (Å²) >= 11 is 0. The number of halogens is 1. The lowest BCUT2D eigenvalue weighted by Crippen LogP contribution is -2.50. The van der Waals surface area contributed by atoms with Crippen LogP contribution in [0.25, 0.3) is 0 Å². The van der Waals surface area contributed by atoms with Crippen LogP contribution in [0.1, 0.15) is 44.7 Å². The quantitative estimate of drug-likeness (QED) is 0.667. The number of aryl methyl sites for hydroxylation is 1. The fourth-order valence-corrected chi connectivity index (χ4v) is 4.62. The maximum absolute atomic E-state index is 13.1. The molecule has 2 aromatic rings. The molecular formula is C19H27FN4O4S. The monoisotopic (exact) mass is 426 g/mol. The minimum Gasteiger partial charge on any atom is -0.394 e. The highest BCUT2D eigenvalue weighted by Crippen LogP contribution is 2.24. The van der Waals surface area contributed by atoms with Gasteiger partial charge in [-0.15, -0.1) is 5.10 Å². The molecule has 29 heavy (non-hydrogen) atoms. The van der Waals surface area contributed by atoms with Crippen LogP contribution < -0.4 is 4.72 Å². The van der Waals surface area contributed by atoms with E-state index in [1.54, 1.807) is 4.68 Å². The molecule has 8 nitrogen and oxygen atoms in total. The zero-order valence-electron chi connectivity index (χ0n) is 16.5. The molecule has 160 valence electrons. The Morgan fingerprint density at radius 1 is 1.31 bits per heavy atom. The van der Waals surface area contributed by atoms with Crippen LogP contribution in [0.15, 0.2) is 35.4 Å². The lowest BCUT2D eigenvalue weighted by molar-refractivity contribution is -0.0891. The van der Waals surface area contributed by atoms with Gasteiger partial charge in [-0.05, 0) is 49.4 Å². The van der Waals surface area contributed by atoms with Crippen molar-refractivity contribution in [2.45, 2.75) is 68.7 Å². The van der Waals surface area contributed by atoms with Crippen molar-refractivity contribution < 1.29 is 22.7 Å². The third kappa shape index (κ3) is 5.59. The summed E-state index contributed by atoms with van der Waals surface area (Å²) in [4.78, 5) is -0.0233. The summed E-state index contributed by atoms with van der Waals surface area (Å²) < 4.78 is 48.4. The van der Waals surface area contributed by atoms with Crippen LogP contribution in [0, 0.1) is 5.82 Å². The van der Waals surface area contributed by atoms with E-state index in [1.165, 1.54) is 12.1 Å². The number of ether oxygens (including phenoxy) is 1. The Bertz CT molecular complexity index is 901. The minimum absolute atomic E-state index is 0.0233. The molecule has 1 aromatic heterocycles. The maximum atomic E-state index is 13.1. The summed E-state index contributed by atoms with van der Waals surface area (Å²) in [5.74, 6) is -0.197. The van der Waals surface area contributed by atoms with E-state index < -0.39 is 28.0 Å². The van der Waals surface area contributed by atoms with Gasteiger partial charge in [-0.1, -0.05) is 19.1 Å². The lowest BCUT2D eigenvalue weighted by atomic mass is 9.98. The van der Waals surface area contributed by atoms with Gasteiger partial charge in [0.25, 0.3) is 0 Å². The molecule has 0 saturated carbocycles. The largest absolute Gasteiger partial charge is 0.394 e. The van der Waals surface area contributed by atoms with Crippen LogP contribution >= 0.6 is 0 Å². The molecule has 1 aliphatic heterocycles. The lowest BCUT2D eigenvalue weighted by Gasteiger charge is -2.36. The van der Waals surface area contributed by atoms with E-state index in [2.05, 4.69) is 28.9 Å². The van der Waals surface area contributed by atoms with Crippen molar-refractivity contribution in [1.29, 1.82) is 0 Å². The fourth-order valence-electron chi connectivity index (χ4n) is 3.32.